The van der Waals surface area contributed by atoms with Crippen molar-refractivity contribution in [3.05, 3.63) is 29.8 Å². The van der Waals surface area contributed by atoms with Gasteiger partial charge in [-0.25, -0.2) is 8.42 Å². The Morgan fingerprint density at radius 2 is 1.69 bits per heavy atom. The molecule has 0 spiro atoms. The summed E-state index contributed by atoms with van der Waals surface area (Å²) in [5.74, 6) is 0.281. The number of rotatable bonds is 6. The summed E-state index contributed by atoms with van der Waals surface area (Å²) >= 11 is 0. The number of nitrogens with zero attached hydrogens (tertiary/aromatic N) is 3. The topological polar surface area (TPSA) is 87.2 Å². The molecule has 0 radical (unpaired) electrons. The molecule has 9 heteroatoms. The third-order valence-electron chi connectivity index (χ3n) is 4.40. The van der Waals surface area contributed by atoms with Gasteiger partial charge < -0.3 is 14.5 Å². The van der Waals surface area contributed by atoms with Crippen LogP contribution in [0.15, 0.2) is 24.3 Å². The summed E-state index contributed by atoms with van der Waals surface area (Å²) < 4.78 is 30.7. The number of piperazine rings is 1. The highest BCUT2D eigenvalue weighted by atomic mass is 32.2. The van der Waals surface area contributed by atoms with Gasteiger partial charge in [0.25, 0.3) is 0 Å². The predicted octanol–water partition coefficient (Wildman–Crippen LogP) is 0.148. The van der Waals surface area contributed by atoms with Gasteiger partial charge in [0.05, 0.1) is 19.9 Å². The van der Waals surface area contributed by atoms with E-state index < -0.39 is 10.0 Å². The molecule has 0 aliphatic carbocycles. The molecule has 0 N–H and O–H groups in total. The second-order valence-electron chi connectivity index (χ2n) is 6.23. The standard InChI is InChI=1S/C17H25N3O5S/c1-14(21)18-8-10-19(11-9-18)17(22)13-20(26(3,23)24)12-15-6-4-5-7-16(15)25-2/h4-7H,8-13H2,1-3H3. The number of para-hydroxylation sites is 1. The average Bonchev–Trinajstić information content (AvgIpc) is 2.60. The summed E-state index contributed by atoms with van der Waals surface area (Å²) in [6.45, 7) is 3.06. The van der Waals surface area contributed by atoms with E-state index in [-0.39, 0.29) is 24.9 Å². The molecule has 2 rings (SSSR count). The summed E-state index contributed by atoms with van der Waals surface area (Å²) in [4.78, 5) is 27.2. The Balaban J connectivity index is 2.07. The first kappa shape index (κ1) is 20.2. The van der Waals surface area contributed by atoms with Crippen molar-refractivity contribution in [3.8, 4) is 5.75 Å². The van der Waals surface area contributed by atoms with Gasteiger partial charge in [0.1, 0.15) is 5.75 Å². The molecule has 1 fully saturated rings. The summed E-state index contributed by atoms with van der Waals surface area (Å²) in [7, 11) is -2.06. The number of carbonyl (C=O) groups excluding carboxylic acids is 2. The molecule has 26 heavy (non-hydrogen) atoms. The van der Waals surface area contributed by atoms with E-state index in [0.29, 0.717) is 37.5 Å². The number of benzene rings is 1. The average molecular weight is 383 g/mol. The van der Waals surface area contributed by atoms with Gasteiger partial charge in [-0.3, -0.25) is 9.59 Å². The van der Waals surface area contributed by atoms with E-state index in [4.69, 9.17) is 4.74 Å². The van der Waals surface area contributed by atoms with Crippen LogP contribution < -0.4 is 4.74 Å². The Morgan fingerprint density at radius 3 is 2.23 bits per heavy atom. The fourth-order valence-electron chi connectivity index (χ4n) is 2.84. The quantitative estimate of drug-likeness (QED) is 0.698. The molecule has 1 aliphatic rings. The lowest BCUT2D eigenvalue weighted by Crippen LogP contribution is -2.52. The van der Waals surface area contributed by atoms with Gasteiger partial charge in [-0.15, -0.1) is 0 Å². The summed E-state index contributed by atoms with van der Waals surface area (Å²) in [6, 6.07) is 7.11. The minimum absolute atomic E-state index is 0.0222. The van der Waals surface area contributed by atoms with Crippen LogP contribution in [0, 0.1) is 0 Å². The molecular weight excluding hydrogens is 358 g/mol. The molecule has 144 valence electrons. The van der Waals surface area contributed by atoms with E-state index >= 15 is 0 Å². The maximum Gasteiger partial charge on any atom is 0.238 e. The maximum atomic E-state index is 12.6. The van der Waals surface area contributed by atoms with Crippen molar-refractivity contribution in [3.63, 3.8) is 0 Å². The Bertz CT molecular complexity index is 757. The molecular formula is C17H25N3O5S. The van der Waals surface area contributed by atoms with Crippen molar-refractivity contribution >= 4 is 21.8 Å². The van der Waals surface area contributed by atoms with Crippen LogP contribution in [-0.4, -0.2) is 80.4 Å². The van der Waals surface area contributed by atoms with Crippen LogP contribution in [0.3, 0.4) is 0 Å². The second-order valence-corrected chi connectivity index (χ2v) is 8.21. The van der Waals surface area contributed by atoms with Gasteiger partial charge in [-0.1, -0.05) is 18.2 Å². The highest BCUT2D eigenvalue weighted by molar-refractivity contribution is 7.88. The van der Waals surface area contributed by atoms with Crippen molar-refractivity contribution in [2.45, 2.75) is 13.5 Å². The number of ether oxygens (including phenoxy) is 1. The molecule has 2 amide bonds. The maximum absolute atomic E-state index is 12.6. The Morgan fingerprint density at radius 1 is 1.12 bits per heavy atom. The minimum Gasteiger partial charge on any atom is -0.496 e. The van der Waals surface area contributed by atoms with E-state index in [0.717, 1.165) is 10.6 Å². The Kier molecular flexibility index (Phi) is 6.60. The van der Waals surface area contributed by atoms with Crippen LogP contribution >= 0.6 is 0 Å². The van der Waals surface area contributed by atoms with Gasteiger partial charge in [0.15, 0.2) is 0 Å². The highest BCUT2D eigenvalue weighted by Crippen LogP contribution is 2.20. The zero-order chi connectivity index (χ0) is 19.3. The zero-order valence-corrected chi connectivity index (χ0v) is 16.2. The summed E-state index contributed by atoms with van der Waals surface area (Å²) in [6.07, 6.45) is 1.09. The monoisotopic (exact) mass is 383 g/mol. The lowest BCUT2D eigenvalue weighted by atomic mass is 10.2. The fraction of sp³-hybridized carbons (Fsp3) is 0.529. The first-order chi connectivity index (χ1) is 12.2. The van der Waals surface area contributed by atoms with Gasteiger partial charge in [-0.05, 0) is 6.07 Å². The number of sulfonamides is 1. The largest absolute Gasteiger partial charge is 0.496 e. The first-order valence-electron chi connectivity index (χ1n) is 8.32. The van der Waals surface area contributed by atoms with Crippen molar-refractivity contribution < 1.29 is 22.7 Å². The molecule has 1 heterocycles. The van der Waals surface area contributed by atoms with Crippen LogP contribution in [-0.2, 0) is 26.2 Å². The number of hydrogen-bond acceptors (Lipinski definition) is 5. The van der Waals surface area contributed by atoms with Crippen molar-refractivity contribution in [2.24, 2.45) is 0 Å². The molecule has 0 bridgehead atoms. The highest BCUT2D eigenvalue weighted by Gasteiger charge is 2.27. The van der Waals surface area contributed by atoms with Crippen molar-refractivity contribution in [1.29, 1.82) is 0 Å². The first-order valence-corrected chi connectivity index (χ1v) is 10.2. The summed E-state index contributed by atoms with van der Waals surface area (Å²) in [5, 5.41) is 0. The number of hydrogen-bond donors (Lipinski definition) is 0. The zero-order valence-electron chi connectivity index (χ0n) is 15.3. The normalized spacial score (nSPS) is 15.2. The molecule has 1 aliphatic heterocycles. The lowest BCUT2D eigenvalue weighted by Gasteiger charge is -2.35. The number of amides is 2. The van der Waals surface area contributed by atoms with E-state index in [9.17, 15) is 18.0 Å². The van der Waals surface area contributed by atoms with Gasteiger partial charge in [0, 0.05) is 45.2 Å². The SMILES string of the molecule is COc1ccccc1CN(CC(=O)N1CCN(C(C)=O)CC1)S(C)(=O)=O. The second kappa shape index (κ2) is 8.50. The van der Waals surface area contributed by atoms with E-state index in [1.54, 1.807) is 34.1 Å². The van der Waals surface area contributed by atoms with Gasteiger partial charge in [-0.2, -0.15) is 4.31 Å². The number of methoxy groups -OCH3 is 1. The molecule has 1 aromatic rings. The lowest BCUT2D eigenvalue weighted by molar-refractivity contribution is -0.138. The molecule has 0 atom stereocenters. The van der Waals surface area contributed by atoms with Crippen LogP contribution in [0.1, 0.15) is 12.5 Å². The van der Waals surface area contributed by atoms with Crippen molar-refractivity contribution in [2.75, 3.05) is 46.1 Å². The third kappa shape index (κ3) is 5.18. The van der Waals surface area contributed by atoms with Crippen LogP contribution in [0.5, 0.6) is 5.75 Å². The smallest absolute Gasteiger partial charge is 0.238 e. The van der Waals surface area contributed by atoms with Crippen molar-refractivity contribution in [1.82, 2.24) is 14.1 Å². The Hall–Kier alpha value is -2.13. The molecule has 1 saturated heterocycles. The van der Waals surface area contributed by atoms with E-state index in [1.807, 2.05) is 0 Å². The van der Waals surface area contributed by atoms with Crippen LogP contribution in [0.4, 0.5) is 0 Å². The van der Waals surface area contributed by atoms with Crippen LogP contribution in [0.2, 0.25) is 0 Å². The Labute approximate surface area is 154 Å². The molecule has 1 aromatic carbocycles. The van der Waals surface area contributed by atoms with Gasteiger partial charge in [0.2, 0.25) is 21.8 Å². The molecule has 8 nitrogen and oxygen atoms in total. The molecule has 0 saturated carbocycles. The minimum atomic E-state index is -3.58. The molecule has 0 unspecified atom stereocenters. The van der Waals surface area contributed by atoms with E-state index in [2.05, 4.69) is 0 Å². The van der Waals surface area contributed by atoms with E-state index in [1.165, 1.54) is 14.0 Å². The third-order valence-corrected chi connectivity index (χ3v) is 5.59. The number of carbonyl (C=O) groups is 2. The fourth-order valence-corrected chi connectivity index (χ4v) is 3.55. The summed E-state index contributed by atoms with van der Waals surface area (Å²) in [5.41, 5.74) is 0.689. The van der Waals surface area contributed by atoms with Gasteiger partial charge >= 0.3 is 0 Å². The molecule has 0 aromatic heterocycles. The van der Waals surface area contributed by atoms with Crippen LogP contribution in [0.25, 0.3) is 0 Å². The predicted molar refractivity (Wildman–Crippen MR) is 97.1 cm³/mol.